The van der Waals surface area contributed by atoms with E-state index < -0.39 is 10.0 Å². The van der Waals surface area contributed by atoms with E-state index in [4.69, 9.17) is 0 Å². The predicted octanol–water partition coefficient (Wildman–Crippen LogP) is 2.88. The molecule has 0 saturated carbocycles. The van der Waals surface area contributed by atoms with Gasteiger partial charge in [0.25, 0.3) is 0 Å². The van der Waals surface area contributed by atoms with Crippen LogP contribution < -0.4 is 10.0 Å². The highest BCUT2D eigenvalue weighted by molar-refractivity contribution is 9.11. The van der Waals surface area contributed by atoms with Gasteiger partial charge in [-0.2, -0.15) is 0 Å². The first-order valence-corrected chi connectivity index (χ1v) is 9.55. The monoisotopic (exact) mass is 424 g/mol. The Bertz CT molecular complexity index is 584. The molecule has 0 aliphatic carbocycles. The van der Waals surface area contributed by atoms with Crippen LogP contribution in [0.25, 0.3) is 0 Å². The number of nitrogens with one attached hydrogen (secondary N) is 2. The third kappa shape index (κ3) is 4.04. The number of hydrogen-bond donors (Lipinski definition) is 2. The zero-order chi connectivity index (χ0) is 14.8. The molecule has 0 radical (unpaired) electrons. The molecule has 1 aliphatic rings. The number of piperidine rings is 1. The molecule has 7 heteroatoms. The van der Waals surface area contributed by atoms with Crippen molar-refractivity contribution in [2.24, 2.45) is 5.41 Å². The van der Waals surface area contributed by atoms with Crippen LogP contribution in [0.15, 0.2) is 32.0 Å². The maximum atomic E-state index is 12.4. The average Bonchev–Trinajstić information content (AvgIpc) is 2.40. The van der Waals surface area contributed by atoms with Crippen molar-refractivity contribution in [2.45, 2.75) is 24.7 Å². The summed E-state index contributed by atoms with van der Waals surface area (Å²) in [6.07, 6.45) is 1.96. The molecule has 1 heterocycles. The lowest BCUT2D eigenvalue weighted by molar-refractivity contribution is 0.232. The molecule has 0 atom stereocenters. The Morgan fingerprint density at radius 3 is 2.60 bits per heavy atom. The van der Waals surface area contributed by atoms with Gasteiger partial charge < -0.3 is 5.32 Å². The Morgan fingerprint density at radius 2 is 1.95 bits per heavy atom. The molecular formula is C13H18Br2N2O2S. The van der Waals surface area contributed by atoms with E-state index in [1.165, 1.54) is 0 Å². The maximum absolute atomic E-state index is 12.4. The van der Waals surface area contributed by atoms with Gasteiger partial charge in [0.15, 0.2) is 0 Å². The summed E-state index contributed by atoms with van der Waals surface area (Å²) in [6.45, 7) is 4.49. The molecule has 2 N–H and O–H groups in total. The summed E-state index contributed by atoms with van der Waals surface area (Å²) in [6, 6.07) is 5.14. The lowest BCUT2D eigenvalue weighted by Crippen LogP contribution is -2.42. The summed E-state index contributed by atoms with van der Waals surface area (Å²) in [5, 5.41) is 3.29. The Hall–Kier alpha value is 0.0500. The molecule has 4 nitrogen and oxygen atoms in total. The van der Waals surface area contributed by atoms with Crippen molar-refractivity contribution in [3.05, 3.63) is 27.1 Å². The summed E-state index contributed by atoms with van der Waals surface area (Å²) < 4.78 is 28.9. The molecule has 0 aromatic heterocycles. The topological polar surface area (TPSA) is 58.2 Å². The van der Waals surface area contributed by atoms with Crippen molar-refractivity contribution in [1.29, 1.82) is 0 Å². The lowest BCUT2D eigenvalue weighted by atomic mass is 9.81. The van der Waals surface area contributed by atoms with Gasteiger partial charge in [-0.3, -0.25) is 0 Å². The number of rotatable bonds is 4. The zero-order valence-corrected chi connectivity index (χ0v) is 15.2. The fourth-order valence-corrected chi connectivity index (χ4v) is 4.94. The average molecular weight is 426 g/mol. The Morgan fingerprint density at radius 1 is 1.30 bits per heavy atom. The van der Waals surface area contributed by atoms with Crippen LogP contribution in [0, 0.1) is 5.41 Å². The molecule has 0 amide bonds. The smallest absolute Gasteiger partial charge is 0.241 e. The molecule has 1 saturated heterocycles. The normalized spacial score (nSPS) is 18.9. The fourth-order valence-electron chi connectivity index (χ4n) is 2.24. The van der Waals surface area contributed by atoms with Gasteiger partial charge in [-0.05, 0) is 65.5 Å². The third-order valence-corrected chi connectivity index (χ3v) is 6.57. The number of benzene rings is 1. The van der Waals surface area contributed by atoms with Crippen molar-refractivity contribution in [3.8, 4) is 0 Å². The second-order valence-corrected chi connectivity index (χ2v) is 8.97. The molecule has 112 valence electrons. The lowest BCUT2D eigenvalue weighted by Gasteiger charge is -2.34. The van der Waals surface area contributed by atoms with E-state index in [0.29, 0.717) is 11.0 Å². The minimum Gasteiger partial charge on any atom is -0.317 e. The van der Waals surface area contributed by atoms with Gasteiger partial charge in [0.1, 0.15) is 0 Å². The predicted molar refractivity (Wildman–Crippen MR) is 87.2 cm³/mol. The number of halogens is 2. The molecule has 20 heavy (non-hydrogen) atoms. The van der Waals surface area contributed by atoms with Crippen LogP contribution in [-0.2, 0) is 10.0 Å². The molecule has 2 rings (SSSR count). The number of sulfonamides is 1. The van der Waals surface area contributed by atoms with E-state index in [-0.39, 0.29) is 10.3 Å². The quantitative estimate of drug-likeness (QED) is 0.779. The van der Waals surface area contributed by atoms with Crippen LogP contribution in [0.3, 0.4) is 0 Å². The highest BCUT2D eigenvalue weighted by Crippen LogP contribution is 2.29. The van der Waals surface area contributed by atoms with Gasteiger partial charge in [0.05, 0.1) is 4.90 Å². The minimum atomic E-state index is -3.50. The molecule has 0 spiro atoms. The van der Waals surface area contributed by atoms with Crippen LogP contribution in [0.4, 0.5) is 0 Å². The van der Waals surface area contributed by atoms with Gasteiger partial charge in [-0.15, -0.1) is 0 Å². The second-order valence-electron chi connectivity index (χ2n) is 5.46. The van der Waals surface area contributed by atoms with Crippen molar-refractivity contribution in [3.63, 3.8) is 0 Å². The second kappa shape index (κ2) is 6.44. The largest absolute Gasteiger partial charge is 0.317 e. The van der Waals surface area contributed by atoms with Crippen molar-refractivity contribution < 1.29 is 8.42 Å². The highest BCUT2D eigenvalue weighted by atomic mass is 79.9. The van der Waals surface area contributed by atoms with Crippen LogP contribution >= 0.6 is 31.9 Å². The van der Waals surface area contributed by atoms with Gasteiger partial charge in [-0.1, -0.05) is 22.9 Å². The first kappa shape index (κ1) is 16.4. The van der Waals surface area contributed by atoms with Crippen molar-refractivity contribution in [2.75, 3.05) is 19.6 Å². The highest BCUT2D eigenvalue weighted by Gasteiger charge is 2.29. The SMILES string of the molecule is CC1(CNS(=O)(=O)c2cc(Br)ccc2Br)CCNCC1. The molecule has 0 unspecified atom stereocenters. The third-order valence-electron chi connectivity index (χ3n) is 3.68. The van der Waals surface area contributed by atoms with E-state index in [1.54, 1.807) is 18.2 Å². The van der Waals surface area contributed by atoms with Gasteiger partial charge in [0, 0.05) is 15.5 Å². The van der Waals surface area contributed by atoms with E-state index in [0.717, 1.165) is 30.4 Å². The van der Waals surface area contributed by atoms with Gasteiger partial charge in [-0.25, -0.2) is 13.1 Å². The summed E-state index contributed by atoms with van der Waals surface area (Å²) in [7, 11) is -3.50. The summed E-state index contributed by atoms with van der Waals surface area (Å²) >= 11 is 6.60. The summed E-state index contributed by atoms with van der Waals surface area (Å²) in [5.41, 5.74) is 0.0246. The van der Waals surface area contributed by atoms with Gasteiger partial charge >= 0.3 is 0 Å². The van der Waals surface area contributed by atoms with E-state index in [2.05, 4.69) is 48.8 Å². The van der Waals surface area contributed by atoms with E-state index >= 15 is 0 Å². The van der Waals surface area contributed by atoms with Crippen LogP contribution in [0.5, 0.6) is 0 Å². The Balaban J connectivity index is 2.13. The minimum absolute atomic E-state index is 0.0246. The summed E-state index contributed by atoms with van der Waals surface area (Å²) in [4.78, 5) is 0.268. The van der Waals surface area contributed by atoms with E-state index in [1.807, 2.05) is 0 Å². The Kier molecular flexibility index (Phi) is 5.29. The van der Waals surface area contributed by atoms with Crippen LogP contribution in [-0.4, -0.2) is 28.1 Å². The molecule has 1 aliphatic heterocycles. The molecular weight excluding hydrogens is 408 g/mol. The number of hydrogen-bond acceptors (Lipinski definition) is 3. The van der Waals surface area contributed by atoms with Crippen LogP contribution in [0.2, 0.25) is 0 Å². The van der Waals surface area contributed by atoms with Gasteiger partial charge in [0.2, 0.25) is 10.0 Å². The standard InChI is InChI=1S/C13H18Br2N2O2S/c1-13(4-6-16-7-5-13)9-17-20(18,19)12-8-10(14)2-3-11(12)15/h2-3,8,16-17H,4-7,9H2,1H3. The van der Waals surface area contributed by atoms with Crippen LogP contribution in [0.1, 0.15) is 19.8 Å². The molecule has 0 bridgehead atoms. The fraction of sp³-hybridized carbons (Fsp3) is 0.538. The molecule has 1 aromatic carbocycles. The van der Waals surface area contributed by atoms with E-state index in [9.17, 15) is 8.42 Å². The molecule has 1 aromatic rings. The summed E-state index contributed by atoms with van der Waals surface area (Å²) in [5.74, 6) is 0. The maximum Gasteiger partial charge on any atom is 0.241 e. The van der Waals surface area contributed by atoms with Crippen molar-refractivity contribution >= 4 is 41.9 Å². The first-order valence-electron chi connectivity index (χ1n) is 6.48. The zero-order valence-electron chi connectivity index (χ0n) is 11.2. The Labute approximate surface area is 137 Å². The first-order chi connectivity index (χ1) is 9.32. The molecule has 1 fully saturated rings. The van der Waals surface area contributed by atoms with Crippen molar-refractivity contribution in [1.82, 2.24) is 10.0 Å².